The lowest BCUT2D eigenvalue weighted by Gasteiger charge is -2.26. The highest BCUT2D eigenvalue weighted by Crippen LogP contribution is 2.41. The first-order chi connectivity index (χ1) is 13.9. The van der Waals surface area contributed by atoms with Crippen LogP contribution in [0, 0.1) is 5.92 Å². The number of nitrogens with one attached hydrogen (secondary N) is 1. The molecule has 1 fully saturated rings. The molecule has 1 N–H and O–H groups in total. The van der Waals surface area contributed by atoms with Crippen LogP contribution in [-0.2, 0) is 19.1 Å². The van der Waals surface area contributed by atoms with Crippen molar-refractivity contribution in [3.63, 3.8) is 0 Å². The van der Waals surface area contributed by atoms with E-state index in [2.05, 4.69) is 5.32 Å². The van der Waals surface area contributed by atoms with Gasteiger partial charge in [0.05, 0.1) is 19.6 Å². The fourth-order valence-electron chi connectivity index (χ4n) is 3.72. The van der Waals surface area contributed by atoms with E-state index in [0.717, 1.165) is 12.8 Å². The SMILES string of the molecule is CCN(CC(C)C(=O)OC)C(=O)CNC(=O)C1c2ccccc2C(=O)N1C1CC1. The molecule has 2 aliphatic rings. The quantitative estimate of drug-likeness (QED) is 0.659. The standard InChI is InChI=1S/C21H27N3O5/c1-4-23(12-13(2)21(28)29-3)17(25)11-22-19(26)18-15-7-5-6-8-16(15)20(27)24(18)14-9-10-14/h5-8,13-14,18H,4,9-12H2,1-3H3,(H,22,26). The Bertz CT molecular complexity index is 820. The van der Waals surface area contributed by atoms with Crippen molar-refractivity contribution in [1.82, 2.24) is 15.1 Å². The summed E-state index contributed by atoms with van der Waals surface area (Å²) in [5.74, 6) is -1.62. The molecule has 0 aromatic heterocycles. The van der Waals surface area contributed by atoms with E-state index in [9.17, 15) is 19.2 Å². The van der Waals surface area contributed by atoms with Crippen LogP contribution in [0.2, 0.25) is 0 Å². The molecule has 1 aromatic carbocycles. The minimum absolute atomic E-state index is 0.0781. The van der Waals surface area contributed by atoms with Gasteiger partial charge < -0.3 is 19.9 Å². The predicted molar refractivity (Wildman–Crippen MR) is 105 cm³/mol. The summed E-state index contributed by atoms with van der Waals surface area (Å²) in [6.45, 7) is 3.94. The molecule has 1 saturated carbocycles. The first kappa shape index (κ1) is 20.8. The summed E-state index contributed by atoms with van der Waals surface area (Å²) in [5, 5.41) is 2.69. The van der Waals surface area contributed by atoms with Crippen LogP contribution in [0.4, 0.5) is 0 Å². The number of methoxy groups -OCH3 is 1. The molecule has 3 rings (SSSR count). The van der Waals surface area contributed by atoms with Crippen molar-refractivity contribution < 1.29 is 23.9 Å². The van der Waals surface area contributed by atoms with Gasteiger partial charge in [-0.1, -0.05) is 25.1 Å². The second kappa shape index (κ2) is 8.63. The first-order valence-electron chi connectivity index (χ1n) is 9.93. The number of fused-ring (bicyclic) bond motifs is 1. The van der Waals surface area contributed by atoms with Crippen LogP contribution >= 0.6 is 0 Å². The van der Waals surface area contributed by atoms with Gasteiger partial charge in [-0.25, -0.2) is 0 Å². The van der Waals surface area contributed by atoms with Gasteiger partial charge >= 0.3 is 5.97 Å². The highest BCUT2D eigenvalue weighted by atomic mass is 16.5. The Morgan fingerprint density at radius 3 is 2.59 bits per heavy atom. The van der Waals surface area contributed by atoms with Crippen LogP contribution in [0.25, 0.3) is 0 Å². The lowest BCUT2D eigenvalue weighted by Crippen LogP contribution is -2.46. The van der Waals surface area contributed by atoms with Crippen LogP contribution in [0.5, 0.6) is 0 Å². The molecule has 1 aromatic rings. The molecule has 156 valence electrons. The molecular weight excluding hydrogens is 374 g/mol. The number of hydrogen-bond acceptors (Lipinski definition) is 5. The zero-order valence-corrected chi connectivity index (χ0v) is 17.0. The van der Waals surface area contributed by atoms with E-state index >= 15 is 0 Å². The topological polar surface area (TPSA) is 96.0 Å². The van der Waals surface area contributed by atoms with Crippen molar-refractivity contribution >= 4 is 23.7 Å². The summed E-state index contributed by atoms with van der Waals surface area (Å²) >= 11 is 0. The molecule has 1 aliphatic heterocycles. The minimum Gasteiger partial charge on any atom is -0.469 e. The monoisotopic (exact) mass is 401 g/mol. The molecule has 0 saturated heterocycles. The highest BCUT2D eigenvalue weighted by molar-refractivity contribution is 6.05. The highest BCUT2D eigenvalue weighted by Gasteiger charge is 2.47. The summed E-state index contributed by atoms with van der Waals surface area (Å²) in [5.41, 5.74) is 1.23. The maximum atomic E-state index is 12.9. The van der Waals surface area contributed by atoms with E-state index in [0.29, 0.717) is 17.7 Å². The zero-order valence-electron chi connectivity index (χ0n) is 17.0. The molecule has 1 heterocycles. The number of esters is 1. The van der Waals surface area contributed by atoms with Crippen LogP contribution in [-0.4, -0.2) is 66.3 Å². The lowest BCUT2D eigenvalue weighted by atomic mass is 10.0. The molecular formula is C21H27N3O5. The van der Waals surface area contributed by atoms with Crippen molar-refractivity contribution in [2.24, 2.45) is 5.92 Å². The Kier molecular flexibility index (Phi) is 6.20. The normalized spacial score (nSPS) is 18.8. The fraction of sp³-hybridized carbons (Fsp3) is 0.524. The van der Waals surface area contributed by atoms with Gasteiger partial charge in [-0.15, -0.1) is 0 Å². The molecule has 8 heteroatoms. The molecule has 8 nitrogen and oxygen atoms in total. The van der Waals surface area contributed by atoms with Crippen LogP contribution in [0.15, 0.2) is 24.3 Å². The number of nitrogens with zero attached hydrogens (tertiary/aromatic N) is 2. The molecule has 0 bridgehead atoms. The zero-order chi connectivity index (χ0) is 21.1. The Hall–Kier alpha value is -2.90. The number of rotatable bonds is 8. The third-order valence-electron chi connectivity index (χ3n) is 5.43. The Balaban J connectivity index is 1.65. The van der Waals surface area contributed by atoms with Crippen LogP contribution < -0.4 is 5.32 Å². The van der Waals surface area contributed by atoms with Gasteiger partial charge in [0.25, 0.3) is 5.91 Å². The lowest BCUT2D eigenvalue weighted by molar-refractivity contribution is -0.146. The third kappa shape index (κ3) is 4.26. The number of amides is 3. The Morgan fingerprint density at radius 2 is 1.97 bits per heavy atom. The fourth-order valence-corrected chi connectivity index (χ4v) is 3.72. The number of benzene rings is 1. The molecule has 1 aliphatic carbocycles. The second-order valence-corrected chi connectivity index (χ2v) is 7.51. The smallest absolute Gasteiger partial charge is 0.310 e. The minimum atomic E-state index is -0.705. The summed E-state index contributed by atoms with van der Waals surface area (Å²) in [7, 11) is 1.31. The van der Waals surface area contributed by atoms with Gasteiger partial charge in [0.15, 0.2) is 0 Å². The van der Waals surface area contributed by atoms with Crippen molar-refractivity contribution in [2.45, 2.75) is 38.8 Å². The summed E-state index contributed by atoms with van der Waals surface area (Å²) in [6, 6.07) is 6.49. The van der Waals surface area contributed by atoms with E-state index in [1.807, 2.05) is 6.92 Å². The van der Waals surface area contributed by atoms with Crippen LogP contribution in [0.3, 0.4) is 0 Å². The molecule has 2 atom stereocenters. The summed E-state index contributed by atoms with van der Waals surface area (Å²) in [4.78, 5) is 53.0. The van der Waals surface area contributed by atoms with Gasteiger partial charge in [-0.2, -0.15) is 0 Å². The number of likely N-dealkylation sites (N-methyl/N-ethyl adjacent to an activating group) is 1. The van der Waals surface area contributed by atoms with E-state index < -0.39 is 12.0 Å². The second-order valence-electron chi connectivity index (χ2n) is 7.51. The molecule has 3 amide bonds. The van der Waals surface area contributed by atoms with Crippen molar-refractivity contribution in [3.05, 3.63) is 35.4 Å². The molecule has 0 radical (unpaired) electrons. The number of carbonyl (C=O) groups is 4. The van der Waals surface area contributed by atoms with Gasteiger partial charge in [0.2, 0.25) is 11.8 Å². The third-order valence-corrected chi connectivity index (χ3v) is 5.43. The largest absolute Gasteiger partial charge is 0.469 e. The molecule has 2 unspecified atom stereocenters. The van der Waals surface area contributed by atoms with Gasteiger partial charge in [0, 0.05) is 24.7 Å². The predicted octanol–water partition coefficient (Wildman–Crippen LogP) is 1.12. The molecule has 0 spiro atoms. The maximum Gasteiger partial charge on any atom is 0.310 e. The van der Waals surface area contributed by atoms with Crippen molar-refractivity contribution in [2.75, 3.05) is 26.7 Å². The number of carbonyl (C=O) groups excluding carboxylic acids is 4. The van der Waals surface area contributed by atoms with Crippen molar-refractivity contribution in [3.8, 4) is 0 Å². The van der Waals surface area contributed by atoms with E-state index in [4.69, 9.17) is 4.74 Å². The average Bonchev–Trinajstić information content (AvgIpc) is 3.53. The Labute approximate surface area is 170 Å². The van der Waals surface area contributed by atoms with E-state index in [1.165, 1.54) is 12.0 Å². The van der Waals surface area contributed by atoms with Crippen LogP contribution in [0.1, 0.15) is 48.7 Å². The van der Waals surface area contributed by atoms with E-state index in [1.54, 1.807) is 36.1 Å². The van der Waals surface area contributed by atoms with Gasteiger partial charge in [0.1, 0.15) is 6.04 Å². The van der Waals surface area contributed by atoms with Gasteiger partial charge in [-0.05, 0) is 31.4 Å². The van der Waals surface area contributed by atoms with Gasteiger partial charge in [-0.3, -0.25) is 19.2 Å². The first-order valence-corrected chi connectivity index (χ1v) is 9.93. The number of ether oxygens (including phenoxy) is 1. The summed E-state index contributed by atoms with van der Waals surface area (Å²) < 4.78 is 4.70. The number of hydrogen-bond donors (Lipinski definition) is 1. The summed E-state index contributed by atoms with van der Waals surface area (Å²) in [6.07, 6.45) is 1.77. The van der Waals surface area contributed by atoms with Crippen molar-refractivity contribution in [1.29, 1.82) is 0 Å². The Morgan fingerprint density at radius 1 is 1.28 bits per heavy atom. The average molecular weight is 401 g/mol. The van der Waals surface area contributed by atoms with E-state index in [-0.39, 0.29) is 42.8 Å². The maximum absolute atomic E-state index is 12.9. The molecule has 29 heavy (non-hydrogen) atoms.